The topological polar surface area (TPSA) is 107 Å². The van der Waals surface area contributed by atoms with Gasteiger partial charge in [-0.15, -0.1) is 0 Å². The van der Waals surface area contributed by atoms with E-state index in [-0.39, 0.29) is 5.56 Å². The number of carbonyl (C=O) groups excluding carboxylic acids is 2. The predicted octanol–water partition coefficient (Wildman–Crippen LogP) is 1.15. The standard InChI is InChI=1S/C13H12O7S/c1-13(2)19-11(14)9(12(15)20-13)7-8-5-3-4-6-10(8)21(16,17)18/h3-7H,1-2H3,(H,16,17,18). The molecule has 1 N–H and O–H groups in total. The molecule has 1 aliphatic heterocycles. The Morgan fingerprint density at radius 3 is 2.14 bits per heavy atom. The predicted molar refractivity (Wildman–Crippen MR) is 70.5 cm³/mol. The Balaban J connectivity index is 2.51. The van der Waals surface area contributed by atoms with Gasteiger partial charge in [-0.2, -0.15) is 8.42 Å². The quantitative estimate of drug-likeness (QED) is 0.378. The molecule has 0 atom stereocenters. The van der Waals surface area contributed by atoms with E-state index in [1.807, 2.05) is 0 Å². The van der Waals surface area contributed by atoms with Crippen LogP contribution in [0.2, 0.25) is 0 Å². The highest BCUT2D eigenvalue weighted by Crippen LogP contribution is 2.25. The molecule has 1 aromatic carbocycles. The first-order valence-electron chi connectivity index (χ1n) is 5.85. The summed E-state index contributed by atoms with van der Waals surface area (Å²) in [6.07, 6.45) is 1.00. The molecule has 21 heavy (non-hydrogen) atoms. The van der Waals surface area contributed by atoms with Crippen LogP contribution >= 0.6 is 0 Å². The van der Waals surface area contributed by atoms with E-state index in [4.69, 9.17) is 14.0 Å². The largest absolute Gasteiger partial charge is 0.419 e. The zero-order chi connectivity index (χ0) is 15.8. The van der Waals surface area contributed by atoms with Crippen LogP contribution in [-0.4, -0.2) is 30.7 Å². The average molecular weight is 312 g/mol. The van der Waals surface area contributed by atoms with Crippen LogP contribution in [0.25, 0.3) is 6.08 Å². The number of carbonyl (C=O) groups is 2. The third-order valence-electron chi connectivity index (χ3n) is 2.61. The molecule has 0 amide bonds. The van der Waals surface area contributed by atoms with E-state index < -0.39 is 38.3 Å². The fourth-order valence-electron chi connectivity index (χ4n) is 1.77. The first-order chi connectivity index (χ1) is 9.60. The van der Waals surface area contributed by atoms with Crippen molar-refractivity contribution in [3.8, 4) is 0 Å². The van der Waals surface area contributed by atoms with E-state index in [2.05, 4.69) is 0 Å². The smallest absolute Gasteiger partial charge is 0.348 e. The molecule has 7 nitrogen and oxygen atoms in total. The lowest BCUT2D eigenvalue weighted by atomic mass is 10.1. The maximum atomic E-state index is 11.8. The molecule has 112 valence electrons. The second-order valence-corrected chi connectivity index (χ2v) is 6.14. The molecule has 1 heterocycles. The Bertz CT molecular complexity index is 722. The molecule has 0 saturated carbocycles. The molecule has 0 unspecified atom stereocenters. The summed E-state index contributed by atoms with van der Waals surface area (Å²) in [5.41, 5.74) is -0.478. The Kier molecular flexibility index (Phi) is 3.60. The van der Waals surface area contributed by atoms with Crippen molar-refractivity contribution in [1.82, 2.24) is 0 Å². The fraction of sp³-hybridized carbons (Fsp3) is 0.231. The molecule has 8 heteroatoms. The van der Waals surface area contributed by atoms with Crippen LogP contribution in [0.15, 0.2) is 34.7 Å². The van der Waals surface area contributed by atoms with Crippen LogP contribution in [0.1, 0.15) is 19.4 Å². The van der Waals surface area contributed by atoms with Crippen LogP contribution in [0.5, 0.6) is 0 Å². The first kappa shape index (κ1) is 15.2. The van der Waals surface area contributed by atoms with Crippen molar-refractivity contribution in [3.63, 3.8) is 0 Å². The van der Waals surface area contributed by atoms with E-state index in [1.165, 1.54) is 32.0 Å². The van der Waals surface area contributed by atoms with Crippen molar-refractivity contribution in [2.24, 2.45) is 0 Å². The van der Waals surface area contributed by atoms with E-state index in [0.717, 1.165) is 12.1 Å². The molecular weight excluding hydrogens is 300 g/mol. The summed E-state index contributed by atoms with van der Waals surface area (Å²) in [5, 5.41) is 0. The van der Waals surface area contributed by atoms with Gasteiger partial charge < -0.3 is 9.47 Å². The van der Waals surface area contributed by atoms with Gasteiger partial charge in [0.25, 0.3) is 15.9 Å². The maximum absolute atomic E-state index is 11.8. The molecule has 1 aromatic rings. The molecule has 0 aromatic heterocycles. The Hall–Kier alpha value is -2.19. The molecule has 1 fully saturated rings. The number of rotatable bonds is 2. The van der Waals surface area contributed by atoms with Gasteiger partial charge in [0.15, 0.2) is 0 Å². The van der Waals surface area contributed by atoms with Gasteiger partial charge in [0.05, 0.1) is 0 Å². The van der Waals surface area contributed by atoms with Crippen molar-refractivity contribution >= 4 is 28.1 Å². The van der Waals surface area contributed by atoms with Gasteiger partial charge in [0, 0.05) is 13.8 Å². The lowest BCUT2D eigenvalue weighted by molar-refractivity contribution is -0.222. The highest BCUT2D eigenvalue weighted by Gasteiger charge is 2.39. The van der Waals surface area contributed by atoms with Crippen LogP contribution < -0.4 is 0 Å². The van der Waals surface area contributed by atoms with Gasteiger partial charge in [-0.1, -0.05) is 18.2 Å². The number of esters is 2. The van der Waals surface area contributed by atoms with Gasteiger partial charge in [-0.05, 0) is 17.7 Å². The summed E-state index contributed by atoms with van der Waals surface area (Å²) in [5.74, 6) is -3.24. The van der Waals surface area contributed by atoms with E-state index in [1.54, 1.807) is 0 Å². The van der Waals surface area contributed by atoms with Gasteiger partial charge in [0.1, 0.15) is 10.5 Å². The lowest BCUT2D eigenvalue weighted by Crippen LogP contribution is -2.41. The van der Waals surface area contributed by atoms with Gasteiger partial charge >= 0.3 is 11.9 Å². The van der Waals surface area contributed by atoms with Crippen molar-refractivity contribution in [2.45, 2.75) is 24.5 Å². The number of benzene rings is 1. The fourth-order valence-corrected chi connectivity index (χ4v) is 2.44. The van der Waals surface area contributed by atoms with Crippen LogP contribution in [0.4, 0.5) is 0 Å². The van der Waals surface area contributed by atoms with E-state index in [0.29, 0.717) is 0 Å². The second kappa shape index (κ2) is 4.97. The highest BCUT2D eigenvalue weighted by atomic mass is 32.2. The molecule has 0 aliphatic carbocycles. The average Bonchev–Trinajstić information content (AvgIpc) is 2.32. The van der Waals surface area contributed by atoms with Crippen molar-refractivity contribution in [1.29, 1.82) is 0 Å². The summed E-state index contributed by atoms with van der Waals surface area (Å²) >= 11 is 0. The Morgan fingerprint density at radius 1 is 1.10 bits per heavy atom. The zero-order valence-corrected chi connectivity index (χ0v) is 12.0. The minimum absolute atomic E-state index is 0.0244. The Labute approximate surface area is 120 Å². The van der Waals surface area contributed by atoms with Crippen molar-refractivity contribution in [2.75, 3.05) is 0 Å². The van der Waals surface area contributed by atoms with Gasteiger partial charge in [-0.3, -0.25) is 4.55 Å². The van der Waals surface area contributed by atoms with E-state index in [9.17, 15) is 18.0 Å². The Morgan fingerprint density at radius 2 is 1.62 bits per heavy atom. The molecule has 0 radical (unpaired) electrons. The third-order valence-corrected chi connectivity index (χ3v) is 3.54. The molecule has 0 spiro atoms. The number of ether oxygens (including phenoxy) is 2. The maximum Gasteiger partial charge on any atom is 0.348 e. The number of hydrogen-bond acceptors (Lipinski definition) is 6. The minimum atomic E-state index is -4.49. The summed E-state index contributed by atoms with van der Waals surface area (Å²) in [6, 6.07) is 5.36. The molecular formula is C13H12O7S. The van der Waals surface area contributed by atoms with Gasteiger partial charge in [-0.25, -0.2) is 9.59 Å². The lowest BCUT2D eigenvalue weighted by Gasteiger charge is -2.29. The zero-order valence-electron chi connectivity index (χ0n) is 11.2. The normalized spacial score (nSPS) is 18.0. The molecule has 0 bridgehead atoms. The monoisotopic (exact) mass is 312 g/mol. The minimum Gasteiger partial charge on any atom is -0.419 e. The van der Waals surface area contributed by atoms with E-state index >= 15 is 0 Å². The van der Waals surface area contributed by atoms with Crippen molar-refractivity contribution in [3.05, 3.63) is 35.4 Å². The summed E-state index contributed by atoms with van der Waals surface area (Å²) < 4.78 is 41.4. The highest BCUT2D eigenvalue weighted by molar-refractivity contribution is 7.85. The van der Waals surface area contributed by atoms with Crippen LogP contribution in [0.3, 0.4) is 0 Å². The van der Waals surface area contributed by atoms with Crippen LogP contribution in [-0.2, 0) is 29.2 Å². The summed E-state index contributed by atoms with van der Waals surface area (Å²) in [7, 11) is -4.49. The summed E-state index contributed by atoms with van der Waals surface area (Å²) in [4.78, 5) is 23.1. The second-order valence-electron chi connectivity index (χ2n) is 4.75. The SMILES string of the molecule is CC1(C)OC(=O)C(=Cc2ccccc2S(=O)(=O)O)C(=O)O1. The first-order valence-corrected chi connectivity index (χ1v) is 7.29. The van der Waals surface area contributed by atoms with Crippen LogP contribution in [0, 0.1) is 0 Å². The van der Waals surface area contributed by atoms with Gasteiger partial charge in [0.2, 0.25) is 0 Å². The van der Waals surface area contributed by atoms with Crippen molar-refractivity contribution < 1.29 is 32.0 Å². The number of cyclic esters (lactones) is 2. The number of hydrogen-bond donors (Lipinski definition) is 1. The summed E-state index contributed by atoms with van der Waals surface area (Å²) in [6.45, 7) is 2.79. The third kappa shape index (κ3) is 3.29. The molecule has 2 rings (SSSR count). The molecule has 1 saturated heterocycles. The molecule has 1 aliphatic rings.